The van der Waals surface area contributed by atoms with Gasteiger partial charge >= 0.3 is 6.18 Å². The average Bonchev–Trinajstić information content (AvgIpc) is 3.40. The molecule has 198 valence electrons. The molecule has 3 heterocycles. The number of hydrogen-bond donors (Lipinski definition) is 1. The Morgan fingerprint density at radius 2 is 1.89 bits per heavy atom. The van der Waals surface area contributed by atoms with Crippen molar-refractivity contribution in [2.45, 2.75) is 57.5 Å². The number of carbonyl (C=O) groups excluding carboxylic acids is 1. The molecule has 3 aromatic rings. The number of thiophene rings is 1. The molecule has 1 atom stereocenters. The second kappa shape index (κ2) is 10.5. The molecule has 1 aromatic carbocycles. The zero-order valence-corrected chi connectivity index (χ0v) is 22.3. The van der Waals surface area contributed by atoms with Crippen molar-refractivity contribution in [3.05, 3.63) is 80.8 Å². The fourth-order valence-electron chi connectivity index (χ4n) is 4.45. The van der Waals surface area contributed by atoms with Crippen LogP contribution in [-0.4, -0.2) is 30.0 Å². The lowest BCUT2D eigenvalue weighted by Crippen LogP contribution is -2.26. The standard InChI is InChI=1S/C26H28F3N3O3S2/c1-4-37(34,35)21-10-9-20(30-13-21)12-31-25(33)22-11-18-15-32(23(16(2)3)24(18)36-22)14-17-5-7-19(8-6-17)26(27,28)29/h5-11,13,16,23H,4,12,14-15H2,1-3H3,(H,31,33). The normalized spacial score (nSPS) is 16.2. The number of fused-ring (bicyclic) bond motifs is 1. The van der Waals surface area contributed by atoms with Gasteiger partial charge in [0, 0.05) is 30.2 Å². The van der Waals surface area contributed by atoms with Crippen LogP contribution in [0.25, 0.3) is 0 Å². The van der Waals surface area contributed by atoms with E-state index >= 15 is 0 Å². The van der Waals surface area contributed by atoms with E-state index in [1.165, 1.54) is 35.7 Å². The minimum atomic E-state index is -4.36. The fourth-order valence-corrected chi connectivity index (χ4v) is 6.67. The van der Waals surface area contributed by atoms with Crippen LogP contribution in [0.2, 0.25) is 0 Å². The Hall–Kier alpha value is -2.76. The largest absolute Gasteiger partial charge is 0.416 e. The maximum absolute atomic E-state index is 12.9. The lowest BCUT2D eigenvalue weighted by atomic mass is 10.0. The van der Waals surface area contributed by atoms with Crippen LogP contribution in [0.5, 0.6) is 0 Å². The Labute approximate surface area is 218 Å². The first-order valence-corrected chi connectivity index (χ1v) is 14.3. The third-order valence-corrected chi connectivity index (χ3v) is 9.33. The molecule has 0 aliphatic carbocycles. The molecule has 1 aliphatic rings. The summed E-state index contributed by atoms with van der Waals surface area (Å²) in [5.41, 5.74) is 1.74. The predicted octanol–water partition coefficient (Wildman–Crippen LogP) is 5.60. The van der Waals surface area contributed by atoms with Crippen LogP contribution >= 0.6 is 11.3 Å². The van der Waals surface area contributed by atoms with Gasteiger partial charge in [-0.3, -0.25) is 14.7 Å². The summed E-state index contributed by atoms with van der Waals surface area (Å²) in [6.45, 7) is 7.04. The number of hydrogen-bond acceptors (Lipinski definition) is 6. The molecule has 4 rings (SSSR count). The van der Waals surface area contributed by atoms with Gasteiger partial charge in [-0.1, -0.05) is 32.9 Å². The minimum absolute atomic E-state index is 0.00700. The molecule has 1 amide bonds. The first-order chi connectivity index (χ1) is 17.4. The zero-order valence-electron chi connectivity index (χ0n) is 20.7. The van der Waals surface area contributed by atoms with Crippen molar-refractivity contribution in [2.24, 2.45) is 5.92 Å². The summed E-state index contributed by atoms with van der Waals surface area (Å²) in [4.78, 5) is 21.0. The highest BCUT2D eigenvalue weighted by molar-refractivity contribution is 7.91. The summed E-state index contributed by atoms with van der Waals surface area (Å²) in [7, 11) is -3.33. The van der Waals surface area contributed by atoms with E-state index < -0.39 is 21.6 Å². The van der Waals surface area contributed by atoms with Gasteiger partial charge in [0.2, 0.25) is 0 Å². The van der Waals surface area contributed by atoms with Crippen molar-refractivity contribution in [2.75, 3.05) is 5.75 Å². The molecular weight excluding hydrogens is 523 g/mol. The van der Waals surface area contributed by atoms with Gasteiger partial charge in [-0.05, 0) is 47.4 Å². The number of rotatable bonds is 8. The van der Waals surface area contributed by atoms with Crippen molar-refractivity contribution >= 4 is 27.1 Å². The number of pyridine rings is 1. The van der Waals surface area contributed by atoms with E-state index in [9.17, 15) is 26.4 Å². The lowest BCUT2D eigenvalue weighted by Gasteiger charge is -2.28. The molecule has 0 saturated carbocycles. The third kappa shape index (κ3) is 6.05. The van der Waals surface area contributed by atoms with Crippen molar-refractivity contribution < 1.29 is 26.4 Å². The van der Waals surface area contributed by atoms with Crippen LogP contribution in [0.4, 0.5) is 13.2 Å². The van der Waals surface area contributed by atoms with Crippen molar-refractivity contribution in [1.82, 2.24) is 15.2 Å². The van der Waals surface area contributed by atoms with Crippen molar-refractivity contribution in [3.63, 3.8) is 0 Å². The number of carbonyl (C=O) groups is 1. The van der Waals surface area contributed by atoms with E-state index in [2.05, 4.69) is 29.0 Å². The number of nitrogens with one attached hydrogen (secondary N) is 1. The van der Waals surface area contributed by atoms with Crippen LogP contribution in [0.1, 0.15) is 63.7 Å². The van der Waals surface area contributed by atoms with Gasteiger partial charge in [-0.2, -0.15) is 13.2 Å². The van der Waals surface area contributed by atoms with Gasteiger partial charge in [-0.15, -0.1) is 11.3 Å². The van der Waals surface area contributed by atoms with E-state index in [1.807, 2.05) is 6.07 Å². The summed E-state index contributed by atoms with van der Waals surface area (Å²) in [6.07, 6.45) is -3.05. The molecule has 11 heteroatoms. The zero-order chi connectivity index (χ0) is 27.0. The summed E-state index contributed by atoms with van der Waals surface area (Å²) in [5, 5.41) is 2.84. The average molecular weight is 552 g/mol. The molecule has 0 saturated heterocycles. The molecule has 0 fully saturated rings. The molecule has 0 spiro atoms. The van der Waals surface area contributed by atoms with E-state index in [-0.39, 0.29) is 35.1 Å². The lowest BCUT2D eigenvalue weighted by molar-refractivity contribution is -0.137. The number of aromatic nitrogens is 1. The van der Waals surface area contributed by atoms with Gasteiger partial charge in [0.25, 0.3) is 5.91 Å². The smallest absolute Gasteiger partial charge is 0.346 e. The maximum atomic E-state index is 12.9. The van der Waals surface area contributed by atoms with Gasteiger partial charge < -0.3 is 5.32 Å². The Balaban J connectivity index is 1.41. The van der Waals surface area contributed by atoms with Crippen LogP contribution in [0.3, 0.4) is 0 Å². The van der Waals surface area contributed by atoms with Crippen LogP contribution < -0.4 is 5.32 Å². The van der Waals surface area contributed by atoms with Gasteiger partial charge in [0.1, 0.15) is 0 Å². The Bertz CT molecular complexity index is 1370. The molecule has 1 unspecified atom stereocenters. The summed E-state index contributed by atoms with van der Waals surface area (Å²) >= 11 is 1.43. The minimum Gasteiger partial charge on any atom is -0.346 e. The van der Waals surface area contributed by atoms with Crippen molar-refractivity contribution in [1.29, 1.82) is 0 Å². The summed E-state index contributed by atoms with van der Waals surface area (Å²) in [6, 6.07) is 10.3. The Morgan fingerprint density at radius 3 is 2.46 bits per heavy atom. The second-order valence-electron chi connectivity index (χ2n) is 9.36. The molecule has 6 nitrogen and oxygen atoms in total. The Kier molecular flexibility index (Phi) is 7.77. The van der Waals surface area contributed by atoms with E-state index in [1.54, 1.807) is 13.0 Å². The number of halogens is 3. The molecule has 0 bridgehead atoms. The van der Waals surface area contributed by atoms with Gasteiger partial charge in [-0.25, -0.2) is 8.42 Å². The Morgan fingerprint density at radius 1 is 1.19 bits per heavy atom. The van der Waals surface area contributed by atoms with Gasteiger partial charge in [0.05, 0.1) is 33.3 Å². The number of alkyl halides is 3. The topological polar surface area (TPSA) is 79.4 Å². The highest BCUT2D eigenvalue weighted by Crippen LogP contribution is 2.44. The maximum Gasteiger partial charge on any atom is 0.416 e. The predicted molar refractivity (Wildman–Crippen MR) is 136 cm³/mol. The highest BCUT2D eigenvalue weighted by atomic mass is 32.2. The van der Waals surface area contributed by atoms with E-state index in [4.69, 9.17) is 0 Å². The quantitative estimate of drug-likeness (QED) is 0.394. The SMILES string of the molecule is CCS(=O)(=O)c1ccc(CNC(=O)c2cc3c(s2)C(C(C)C)N(Cc2ccc(C(F)(F)F)cc2)C3)nc1. The van der Waals surface area contributed by atoms with Crippen LogP contribution in [-0.2, 0) is 35.6 Å². The van der Waals surface area contributed by atoms with Crippen LogP contribution in [0.15, 0.2) is 53.6 Å². The number of amides is 1. The summed E-state index contributed by atoms with van der Waals surface area (Å²) in [5.74, 6) is 0.00284. The molecule has 2 aromatic heterocycles. The van der Waals surface area contributed by atoms with Gasteiger partial charge in [0.15, 0.2) is 9.84 Å². The molecule has 0 radical (unpaired) electrons. The first kappa shape index (κ1) is 27.3. The second-order valence-corrected chi connectivity index (χ2v) is 12.7. The number of nitrogens with zero attached hydrogens (tertiary/aromatic N) is 2. The van der Waals surface area contributed by atoms with Crippen LogP contribution in [0, 0.1) is 5.92 Å². The molecule has 37 heavy (non-hydrogen) atoms. The monoisotopic (exact) mass is 551 g/mol. The first-order valence-electron chi connectivity index (χ1n) is 11.9. The molecule has 1 aliphatic heterocycles. The number of benzene rings is 1. The molecular formula is C26H28F3N3O3S2. The van der Waals surface area contributed by atoms with Crippen molar-refractivity contribution in [3.8, 4) is 0 Å². The van der Waals surface area contributed by atoms with E-state index in [0.717, 1.165) is 28.1 Å². The van der Waals surface area contributed by atoms with E-state index in [0.29, 0.717) is 23.7 Å². The highest BCUT2D eigenvalue weighted by Gasteiger charge is 2.35. The fraction of sp³-hybridized carbons (Fsp3) is 0.385. The molecule has 1 N–H and O–H groups in total. The third-order valence-electron chi connectivity index (χ3n) is 6.37. The number of sulfone groups is 1. The summed E-state index contributed by atoms with van der Waals surface area (Å²) < 4.78 is 62.5.